The summed E-state index contributed by atoms with van der Waals surface area (Å²) >= 11 is 1.40. The Morgan fingerprint density at radius 1 is 1.10 bits per heavy atom. The van der Waals surface area contributed by atoms with Crippen molar-refractivity contribution in [2.75, 3.05) is 7.11 Å². The van der Waals surface area contributed by atoms with Gasteiger partial charge in [-0.1, -0.05) is 18.2 Å². The predicted molar refractivity (Wildman–Crippen MR) is 79.1 cm³/mol. The van der Waals surface area contributed by atoms with Crippen molar-refractivity contribution in [1.29, 1.82) is 0 Å². The van der Waals surface area contributed by atoms with Crippen molar-refractivity contribution >= 4 is 21.4 Å². The van der Waals surface area contributed by atoms with E-state index in [0.717, 1.165) is 22.4 Å². The van der Waals surface area contributed by atoms with E-state index >= 15 is 0 Å². The van der Waals surface area contributed by atoms with Crippen molar-refractivity contribution < 1.29 is 13.9 Å². The van der Waals surface area contributed by atoms with Gasteiger partial charge in [0.2, 0.25) is 0 Å². The highest BCUT2D eigenvalue weighted by Crippen LogP contribution is 2.29. The molecule has 0 N–H and O–H groups in total. The van der Waals surface area contributed by atoms with Crippen LogP contribution < -0.4 is 9.47 Å². The van der Waals surface area contributed by atoms with Gasteiger partial charge in [0, 0.05) is 17.0 Å². The maximum absolute atomic E-state index is 13.6. The number of hydrogen-bond donors (Lipinski definition) is 0. The Bertz CT molecular complexity index is 736. The largest absolute Gasteiger partial charge is 0.497 e. The van der Waals surface area contributed by atoms with Gasteiger partial charge in [0.15, 0.2) is 0 Å². The molecule has 0 radical (unpaired) electrons. The SMILES string of the molecule is COc1cccc(OCc2csc3c(F)cccc23)c1. The highest BCUT2D eigenvalue weighted by Gasteiger charge is 2.08. The molecular weight excluding hydrogens is 275 g/mol. The standard InChI is InChI=1S/C16H13FO2S/c1-18-12-4-2-5-13(8-12)19-9-11-10-20-16-14(11)6-3-7-15(16)17/h2-8,10H,9H2,1H3. The van der Waals surface area contributed by atoms with E-state index in [9.17, 15) is 4.39 Å². The molecule has 0 aliphatic heterocycles. The van der Waals surface area contributed by atoms with Gasteiger partial charge in [0.05, 0.1) is 11.8 Å². The number of fused-ring (bicyclic) bond motifs is 1. The van der Waals surface area contributed by atoms with Crippen LogP contribution >= 0.6 is 11.3 Å². The monoisotopic (exact) mass is 288 g/mol. The average Bonchev–Trinajstić information content (AvgIpc) is 2.90. The molecule has 3 aromatic rings. The van der Waals surface area contributed by atoms with Crippen molar-refractivity contribution in [2.24, 2.45) is 0 Å². The Morgan fingerprint density at radius 2 is 1.90 bits per heavy atom. The van der Waals surface area contributed by atoms with Crippen molar-refractivity contribution in [3.8, 4) is 11.5 Å². The smallest absolute Gasteiger partial charge is 0.140 e. The number of benzene rings is 2. The number of methoxy groups -OCH3 is 1. The van der Waals surface area contributed by atoms with Gasteiger partial charge in [-0.05, 0) is 23.6 Å². The Morgan fingerprint density at radius 3 is 2.75 bits per heavy atom. The van der Waals surface area contributed by atoms with Crippen LogP contribution in [0.15, 0.2) is 47.8 Å². The second-order valence-electron chi connectivity index (χ2n) is 4.35. The van der Waals surface area contributed by atoms with Crippen LogP contribution in [0.4, 0.5) is 4.39 Å². The molecule has 2 aromatic carbocycles. The lowest BCUT2D eigenvalue weighted by atomic mass is 10.2. The van der Waals surface area contributed by atoms with Crippen molar-refractivity contribution in [1.82, 2.24) is 0 Å². The molecule has 0 bridgehead atoms. The van der Waals surface area contributed by atoms with Gasteiger partial charge in [-0.3, -0.25) is 0 Å². The molecule has 0 fully saturated rings. The highest BCUT2D eigenvalue weighted by molar-refractivity contribution is 7.17. The number of ether oxygens (including phenoxy) is 2. The van der Waals surface area contributed by atoms with Crippen LogP contribution in [0.1, 0.15) is 5.56 Å². The van der Waals surface area contributed by atoms with E-state index in [1.807, 2.05) is 35.7 Å². The minimum absolute atomic E-state index is 0.180. The normalized spacial score (nSPS) is 10.7. The first-order chi connectivity index (χ1) is 9.78. The Labute approximate surface area is 120 Å². The van der Waals surface area contributed by atoms with Gasteiger partial charge < -0.3 is 9.47 Å². The fraction of sp³-hybridized carbons (Fsp3) is 0.125. The van der Waals surface area contributed by atoms with E-state index in [0.29, 0.717) is 11.3 Å². The zero-order valence-electron chi connectivity index (χ0n) is 10.9. The average molecular weight is 288 g/mol. The molecule has 0 aliphatic rings. The summed E-state index contributed by atoms with van der Waals surface area (Å²) in [6, 6.07) is 12.6. The lowest BCUT2D eigenvalue weighted by Crippen LogP contribution is -1.94. The number of thiophene rings is 1. The number of halogens is 1. The quantitative estimate of drug-likeness (QED) is 0.697. The third-order valence-corrected chi connectivity index (χ3v) is 4.12. The zero-order valence-corrected chi connectivity index (χ0v) is 11.7. The van der Waals surface area contributed by atoms with E-state index in [2.05, 4.69) is 0 Å². The Hall–Kier alpha value is -2.07. The molecule has 3 rings (SSSR count). The maximum Gasteiger partial charge on any atom is 0.140 e. The molecule has 0 saturated heterocycles. The van der Waals surface area contributed by atoms with E-state index in [4.69, 9.17) is 9.47 Å². The molecule has 0 amide bonds. The first kappa shape index (κ1) is 12.9. The van der Waals surface area contributed by atoms with Crippen molar-refractivity contribution in [3.63, 3.8) is 0 Å². The molecule has 0 unspecified atom stereocenters. The van der Waals surface area contributed by atoms with Gasteiger partial charge in [-0.15, -0.1) is 11.3 Å². The minimum atomic E-state index is -0.180. The van der Waals surface area contributed by atoms with E-state index < -0.39 is 0 Å². The van der Waals surface area contributed by atoms with Crippen LogP contribution in [-0.2, 0) is 6.61 Å². The Balaban J connectivity index is 1.81. The summed E-state index contributed by atoms with van der Waals surface area (Å²) in [6.07, 6.45) is 0. The summed E-state index contributed by atoms with van der Waals surface area (Å²) in [5, 5.41) is 2.85. The molecule has 0 saturated carbocycles. The molecule has 0 spiro atoms. The molecule has 20 heavy (non-hydrogen) atoms. The van der Waals surface area contributed by atoms with E-state index in [1.165, 1.54) is 17.4 Å². The van der Waals surface area contributed by atoms with Crippen molar-refractivity contribution in [2.45, 2.75) is 6.61 Å². The highest BCUT2D eigenvalue weighted by atomic mass is 32.1. The van der Waals surface area contributed by atoms with Gasteiger partial charge in [-0.2, -0.15) is 0 Å². The second kappa shape index (κ2) is 5.51. The van der Waals surface area contributed by atoms with Crippen LogP contribution in [0.25, 0.3) is 10.1 Å². The molecule has 4 heteroatoms. The van der Waals surface area contributed by atoms with Crippen LogP contribution in [-0.4, -0.2) is 7.11 Å². The number of hydrogen-bond acceptors (Lipinski definition) is 3. The molecule has 0 aliphatic carbocycles. The summed E-state index contributed by atoms with van der Waals surface area (Å²) in [7, 11) is 1.62. The lowest BCUT2D eigenvalue weighted by molar-refractivity contribution is 0.305. The molecule has 102 valence electrons. The minimum Gasteiger partial charge on any atom is -0.497 e. The fourth-order valence-corrected chi connectivity index (χ4v) is 3.00. The fourth-order valence-electron chi connectivity index (χ4n) is 2.04. The van der Waals surface area contributed by atoms with Gasteiger partial charge in [-0.25, -0.2) is 4.39 Å². The first-order valence-corrected chi connectivity index (χ1v) is 7.07. The number of rotatable bonds is 4. The van der Waals surface area contributed by atoms with E-state index in [1.54, 1.807) is 13.2 Å². The Kier molecular flexibility index (Phi) is 3.56. The van der Waals surface area contributed by atoms with Crippen LogP contribution in [0.2, 0.25) is 0 Å². The zero-order chi connectivity index (χ0) is 13.9. The van der Waals surface area contributed by atoms with Crippen LogP contribution in [0.3, 0.4) is 0 Å². The van der Waals surface area contributed by atoms with Gasteiger partial charge >= 0.3 is 0 Å². The summed E-state index contributed by atoms with van der Waals surface area (Å²) < 4.78 is 25.2. The molecule has 0 atom stereocenters. The maximum atomic E-state index is 13.6. The summed E-state index contributed by atoms with van der Waals surface area (Å²) in [6.45, 7) is 0.413. The summed E-state index contributed by atoms with van der Waals surface area (Å²) in [5.41, 5.74) is 0.993. The topological polar surface area (TPSA) is 18.5 Å². The summed E-state index contributed by atoms with van der Waals surface area (Å²) in [4.78, 5) is 0. The summed E-state index contributed by atoms with van der Waals surface area (Å²) in [5.74, 6) is 1.31. The second-order valence-corrected chi connectivity index (χ2v) is 5.22. The predicted octanol–water partition coefficient (Wildman–Crippen LogP) is 4.63. The van der Waals surface area contributed by atoms with Crippen molar-refractivity contribution in [3.05, 3.63) is 59.2 Å². The first-order valence-electron chi connectivity index (χ1n) is 6.19. The van der Waals surface area contributed by atoms with Crippen LogP contribution in [0, 0.1) is 5.82 Å². The third-order valence-electron chi connectivity index (χ3n) is 3.07. The lowest BCUT2D eigenvalue weighted by Gasteiger charge is -2.07. The van der Waals surface area contributed by atoms with Gasteiger partial charge in [0.1, 0.15) is 23.9 Å². The third kappa shape index (κ3) is 2.47. The van der Waals surface area contributed by atoms with E-state index in [-0.39, 0.29) is 5.82 Å². The van der Waals surface area contributed by atoms with Gasteiger partial charge in [0.25, 0.3) is 0 Å². The molecule has 2 nitrogen and oxygen atoms in total. The van der Waals surface area contributed by atoms with Crippen LogP contribution in [0.5, 0.6) is 11.5 Å². The molecule has 1 heterocycles. The molecular formula is C16H13FO2S. The molecule has 1 aromatic heterocycles.